The molecule has 4 aromatic carbocycles. The van der Waals surface area contributed by atoms with E-state index in [-0.39, 0.29) is 60.6 Å². The molecule has 0 saturated carbocycles. The van der Waals surface area contributed by atoms with Gasteiger partial charge in [0.05, 0.1) is 22.6 Å². The van der Waals surface area contributed by atoms with Gasteiger partial charge in [-0.05, 0) is 99.6 Å². The van der Waals surface area contributed by atoms with Crippen molar-refractivity contribution in [2.24, 2.45) is 0 Å². The fourth-order valence-corrected chi connectivity index (χ4v) is 19.6. The molecule has 4 aromatic rings. The maximum absolute atomic E-state index is 7.12. The van der Waals surface area contributed by atoms with E-state index in [1.165, 1.54) is 44.5 Å². The Hall–Kier alpha value is -1.66. The molecule has 0 unspecified atom stereocenters. The molecule has 248 valence electrons. The fraction of sp³-hybridized carbons (Fsp3) is 0.349. The summed E-state index contributed by atoms with van der Waals surface area (Å²) in [6, 6.07) is 29.2. The smallest absolute Gasteiger partial charge is 0.366 e. The van der Waals surface area contributed by atoms with Gasteiger partial charge in [0.2, 0.25) is 0 Å². The number of hydrogen-bond donors (Lipinski definition) is 0. The molecule has 0 aromatic heterocycles. The molecule has 4 aliphatic rings. The summed E-state index contributed by atoms with van der Waals surface area (Å²) in [5, 5.41) is 0. The summed E-state index contributed by atoms with van der Waals surface area (Å²) < 4.78 is 0. The van der Waals surface area contributed by atoms with Gasteiger partial charge in [-0.25, -0.2) is 0 Å². The number of benzene rings is 4. The summed E-state index contributed by atoms with van der Waals surface area (Å²) in [4.78, 5) is 0. The SMILES string of the molecule is C[C@H]1CC[C@H](C)[PH+]1C[PH+]1[C@@H](C)CC[C@@H]1C.[Au+].[Au+].[C-]#Cc1ccc2c(c1)Cc1ccccc1-2.[C-]#Cc1ccc2c(c1)Cc1ccccc1-2. The molecule has 0 N–H and O–H groups in total. The van der Waals surface area contributed by atoms with Gasteiger partial charge in [-0.2, -0.15) is 0 Å². The van der Waals surface area contributed by atoms with Crippen LogP contribution in [0.25, 0.3) is 22.3 Å². The first-order valence-corrected chi connectivity index (χ1v) is 20.6. The Kier molecular flexibility index (Phi) is 14.1. The maximum Gasteiger partial charge on any atom is 1.00 e. The van der Waals surface area contributed by atoms with Gasteiger partial charge in [-0.1, -0.05) is 71.8 Å². The molecule has 2 fully saturated rings. The van der Waals surface area contributed by atoms with E-state index in [4.69, 9.17) is 12.8 Å². The fourth-order valence-electron chi connectivity index (χ4n) is 8.09. The molecule has 0 bridgehead atoms. The predicted octanol–water partition coefficient (Wildman–Crippen LogP) is 10.9. The summed E-state index contributed by atoms with van der Waals surface area (Å²) in [6.07, 6.45) is 22.4. The van der Waals surface area contributed by atoms with Gasteiger partial charge in [0.1, 0.15) is 0 Å². The number of rotatable bonds is 2. The summed E-state index contributed by atoms with van der Waals surface area (Å²) in [5.74, 6) is 6.60. The van der Waals surface area contributed by atoms with Crippen LogP contribution in [0.15, 0.2) is 84.9 Å². The zero-order valence-corrected chi connectivity index (χ0v) is 34.3. The van der Waals surface area contributed by atoms with Crippen LogP contribution < -0.4 is 0 Å². The van der Waals surface area contributed by atoms with Crippen LogP contribution in [0.1, 0.15) is 86.8 Å². The topological polar surface area (TPSA) is 0 Å². The van der Waals surface area contributed by atoms with Gasteiger partial charge in [0, 0.05) is 15.8 Å². The Bertz CT molecular complexity index is 1610. The van der Waals surface area contributed by atoms with Crippen molar-refractivity contribution in [1.82, 2.24) is 0 Å². The van der Waals surface area contributed by atoms with Crippen molar-refractivity contribution in [3.63, 3.8) is 0 Å². The van der Waals surface area contributed by atoms with Gasteiger partial charge in [-0.15, -0.1) is 35.4 Å². The van der Waals surface area contributed by atoms with Crippen LogP contribution in [0.3, 0.4) is 0 Å². The van der Waals surface area contributed by atoms with E-state index >= 15 is 0 Å². The predicted molar refractivity (Wildman–Crippen MR) is 200 cm³/mol. The van der Waals surface area contributed by atoms with Gasteiger partial charge < -0.3 is 12.8 Å². The van der Waals surface area contributed by atoms with Gasteiger partial charge in [0.25, 0.3) is 0 Å². The van der Waals surface area contributed by atoms with E-state index in [0.29, 0.717) is 0 Å². The molecule has 0 nitrogen and oxygen atoms in total. The van der Waals surface area contributed by atoms with E-state index in [2.05, 4.69) is 112 Å². The van der Waals surface area contributed by atoms with Gasteiger partial charge >= 0.3 is 44.8 Å². The van der Waals surface area contributed by atoms with Crippen molar-refractivity contribution < 1.29 is 44.8 Å². The minimum absolute atomic E-state index is 0. The van der Waals surface area contributed by atoms with Crippen LogP contribution in [0, 0.1) is 24.7 Å². The molecule has 0 amide bonds. The molecule has 0 spiro atoms. The molecular formula is C43H46Au2P2+2. The summed E-state index contributed by atoms with van der Waals surface area (Å²) in [7, 11) is 0.0593. The van der Waals surface area contributed by atoms with Crippen molar-refractivity contribution in [1.29, 1.82) is 0 Å². The first-order valence-electron chi connectivity index (χ1n) is 16.8. The van der Waals surface area contributed by atoms with E-state index in [9.17, 15) is 0 Å². The van der Waals surface area contributed by atoms with Crippen molar-refractivity contribution >= 4 is 15.8 Å². The Balaban J connectivity index is 0.000000156. The van der Waals surface area contributed by atoms with E-state index in [0.717, 1.165) is 46.6 Å². The second-order valence-corrected chi connectivity index (χ2v) is 21.4. The maximum atomic E-state index is 7.12. The first-order chi connectivity index (χ1) is 21.9. The average molecular weight is 1020 g/mol. The third-order valence-corrected chi connectivity index (χ3v) is 20.4. The summed E-state index contributed by atoms with van der Waals surface area (Å²) in [5.41, 5.74) is 16.9. The second-order valence-electron chi connectivity index (χ2n) is 13.7. The molecule has 2 aliphatic heterocycles. The van der Waals surface area contributed by atoms with Crippen molar-refractivity contribution in [3.05, 3.63) is 131 Å². The van der Waals surface area contributed by atoms with Crippen molar-refractivity contribution in [2.45, 2.75) is 88.9 Å². The third kappa shape index (κ3) is 8.56. The minimum atomic E-state index is 0. The van der Waals surface area contributed by atoms with E-state index in [1.54, 1.807) is 31.6 Å². The van der Waals surface area contributed by atoms with Crippen molar-refractivity contribution in [3.8, 4) is 34.1 Å². The van der Waals surface area contributed by atoms with Gasteiger partial charge in [0.15, 0.2) is 5.90 Å². The van der Waals surface area contributed by atoms with Crippen LogP contribution in [0.2, 0.25) is 0 Å². The molecule has 0 radical (unpaired) electrons. The minimum Gasteiger partial charge on any atom is -0.366 e. The molecule has 47 heavy (non-hydrogen) atoms. The normalized spacial score (nSPS) is 21.5. The van der Waals surface area contributed by atoms with Crippen LogP contribution >= 0.6 is 15.8 Å². The Morgan fingerprint density at radius 1 is 0.511 bits per heavy atom. The number of hydrogen-bond acceptors (Lipinski definition) is 0. The first kappa shape index (κ1) is 38.1. The number of fused-ring (bicyclic) bond motifs is 6. The largest absolute Gasteiger partial charge is 1.00 e. The van der Waals surface area contributed by atoms with Crippen LogP contribution in [0.5, 0.6) is 0 Å². The molecular weight excluding hydrogens is 972 g/mol. The Labute approximate surface area is 318 Å². The Morgan fingerprint density at radius 3 is 1.21 bits per heavy atom. The molecule has 8 rings (SSSR count). The summed E-state index contributed by atoms with van der Waals surface area (Å²) >= 11 is 0. The van der Waals surface area contributed by atoms with Gasteiger partial charge in [-0.3, -0.25) is 11.8 Å². The summed E-state index contributed by atoms with van der Waals surface area (Å²) in [6.45, 7) is 10.2. The second kappa shape index (κ2) is 17.3. The monoisotopic (exact) mass is 1020 g/mol. The third-order valence-electron chi connectivity index (χ3n) is 10.9. The van der Waals surface area contributed by atoms with E-state index in [1.807, 2.05) is 12.1 Å². The zero-order chi connectivity index (χ0) is 31.5. The van der Waals surface area contributed by atoms with E-state index < -0.39 is 0 Å². The zero-order valence-electron chi connectivity index (χ0n) is 27.9. The quantitative estimate of drug-likeness (QED) is 0.0702. The van der Waals surface area contributed by atoms with Crippen LogP contribution in [-0.2, 0) is 57.6 Å². The molecule has 2 saturated heterocycles. The standard InChI is InChI=1S/2C15H9.C13H26P2.2Au/c2*1-2-11-7-8-15-13(9-11)10-12-5-3-4-6-14(12)15;1-10-5-6-11(2)14(10)9-15-12(3)7-8-13(15)4;;/h2*3-9H,10H2;10-13H,5-9H2,1-4H3;;/q2*-1;;2*+1/p+2/t;;10-,11-,12-,13-;;/m..0../s1. The average Bonchev–Trinajstić information content (AvgIpc) is 3.81. The van der Waals surface area contributed by atoms with Crippen LogP contribution in [0.4, 0.5) is 0 Å². The molecule has 4 atom stereocenters. The molecule has 2 heterocycles. The van der Waals surface area contributed by atoms with Crippen LogP contribution in [-0.4, -0.2) is 28.5 Å². The Morgan fingerprint density at radius 2 is 0.851 bits per heavy atom. The molecule has 4 heteroatoms. The van der Waals surface area contributed by atoms with Crippen molar-refractivity contribution in [2.75, 3.05) is 5.90 Å². The molecule has 2 aliphatic carbocycles.